The number of benzene rings is 1. The molecule has 0 unspecified atom stereocenters. The number of piperidine rings is 1. The number of anilines is 1. The number of nitrogens with one attached hydrogen (secondary N) is 1. The molecule has 2 amide bonds. The van der Waals surface area contributed by atoms with Crippen molar-refractivity contribution in [2.75, 3.05) is 11.4 Å². The molecule has 1 N–H and O–H groups in total. The molecule has 0 bridgehead atoms. The molecule has 3 rings (SSSR count). The monoisotopic (exact) mass is 340 g/mol. The van der Waals surface area contributed by atoms with Gasteiger partial charge in [0.2, 0.25) is 11.8 Å². The van der Waals surface area contributed by atoms with E-state index in [1.54, 1.807) is 11.8 Å². The molecule has 22 heavy (non-hydrogen) atoms. The zero-order valence-corrected chi connectivity index (χ0v) is 13.8. The van der Waals surface area contributed by atoms with Crippen molar-refractivity contribution in [3.63, 3.8) is 0 Å². The van der Waals surface area contributed by atoms with Gasteiger partial charge in [0.1, 0.15) is 10.4 Å². The van der Waals surface area contributed by atoms with E-state index in [0.717, 1.165) is 12.1 Å². The molecule has 1 saturated heterocycles. The van der Waals surface area contributed by atoms with Crippen LogP contribution in [0.2, 0.25) is 0 Å². The summed E-state index contributed by atoms with van der Waals surface area (Å²) in [5.41, 5.74) is 0.0546. The van der Waals surface area contributed by atoms with Crippen LogP contribution in [0.3, 0.4) is 0 Å². The summed E-state index contributed by atoms with van der Waals surface area (Å²) in [4.78, 5) is 26.7. The highest BCUT2D eigenvalue weighted by Crippen LogP contribution is 2.63. The van der Waals surface area contributed by atoms with Crippen LogP contribution in [0.15, 0.2) is 30.3 Å². The molecular weight excluding hydrogens is 323 g/mol. The normalized spacial score (nSPS) is 30.0. The lowest BCUT2D eigenvalue weighted by molar-refractivity contribution is -0.131. The third-order valence-corrected chi connectivity index (χ3v) is 5.67. The number of carbonyl (C=O) groups is 2. The van der Waals surface area contributed by atoms with Gasteiger partial charge in [-0.15, -0.1) is 23.2 Å². The summed E-state index contributed by atoms with van der Waals surface area (Å²) in [7, 11) is 0. The predicted octanol–water partition coefficient (Wildman–Crippen LogP) is 2.88. The van der Waals surface area contributed by atoms with Crippen LogP contribution in [0.1, 0.15) is 26.2 Å². The Balaban J connectivity index is 1.70. The Hall–Kier alpha value is -1.26. The summed E-state index contributed by atoms with van der Waals surface area (Å²) >= 11 is 12.1. The number of nitrogens with zero attached hydrogens (tertiary/aromatic N) is 1. The fourth-order valence-electron chi connectivity index (χ4n) is 2.84. The van der Waals surface area contributed by atoms with Crippen LogP contribution in [0.25, 0.3) is 0 Å². The Labute approximate surface area is 139 Å². The number of hydrogen-bond acceptors (Lipinski definition) is 2. The molecule has 1 aliphatic heterocycles. The number of amides is 2. The van der Waals surface area contributed by atoms with Gasteiger partial charge in [-0.25, -0.2) is 0 Å². The van der Waals surface area contributed by atoms with Crippen molar-refractivity contribution in [3.05, 3.63) is 30.3 Å². The molecule has 2 atom stereocenters. The number of alkyl halides is 2. The number of hydrogen-bond donors (Lipinski definition) is 1. The second-order valence-electron chi connectivity index (χ2n) is 6.21. The summed E-state index contributed by atoms with van der Waals surface area (Å²) < 4.78 is -1.02. The minimum Gasteiger partial charge on any atom is -0.344 e. The molecule has 118 valence electrons. The zero-order valence-electron chi connectivity index (χ0n) is 12.3. The fraction of sp³-hybridized carbons (Fsp3) is 0.500. The van der Waals surface area contributed by atoms with E-state index >= 15 is 0 Å². The van der Waals surface area contributed by atoms with Crippen molar-refractivity contribution < 1.29 is 9.59 Å². The van der Waals surface area contributed by atoms with E-state index < -0.39 is 15.8 Å². The maximum atomic E-state index is 12.6. The first-order chi connectivity index (χ1) is 10.3. The smallest absolute Gasteiger partial charge is 0.249 e. The quantitative estimate of drug-likeness (QED) is 0.860. The standard InChI is InChI=1S/C16H18Cl2N2O2/c1-15(10-16(15,17)18)14(22)19-12-8-5-9-20(13(12)21)11-6-3-2-4-7-11/h2-4,6-7,12H,5,8-10H2,1H3,(H,19,22)/t12-,15-/m1/s1. The molecule has 1 saturated carbocycles. The molecule has 2 aliphatic rings. The zero-order chi connectivity index (χ0) is 16.0. The first-order valence-corrected chi connectivity index (χ1v) is 8.16. The van der Waals surface area contributed by atoms with Crippen LogP contribution in [0.5, 0.6) is 0 Å². The first-order valence-electron chi connectivity index (χ1n) is 7.40. The second kappa shape index (κ2) is 5.43. The van der Waals surface area contributed by atoms with Crippen molar-refractivity contribution >= 4 is 40.7 Å². The van der Waals surface area contributed by atoms with E-state index in [9.17, 15) is 9.59 Å². The minimum absolute atomic E-state index is 0.0789. The van der Waals surface area contributed by atoms with Gasteiger partial charge in [0, 0.05) is 12.2 Å². The maximum absolute atomic E-state index is 12.6. The summed E-state index contributed by atoms with van der Waals surface area (Å²) in [6.45, 7) is 2.39. The van der Waals surface area contributed by atoms with E-state index in [1.807, 2.05) is 30.3 Å². The molecule has 2 fully saturated rings. The van der Waals surface area contributed by atoms with Crippen LogP contribution >= 0.6 is 23.2 Å². The van der Waals surface area contributed by atoms with Crippen LogP contribution in [0, 0.1) is 5.41 Å². The number of rotatable bonds is 3. The molecule has 1 aromatic rings. The van der Waals surface area contributed by atoms with Gasteiger partial charge in [-0.2, -0.15) is 0 Å². The molecule has 0 spiro atoms. The maximum Gasteiger partial charge on any atom is 0.249 e. The van der Waals surface area contributed by atoms with Gasteiger partial charge < -0.3 is 10.2 Å². The number of para-hydroxylation sites is 1. The SMILES string of the molecule is C[C@]1(C(=O)N[C@@H]2CCCN(c3ccccc3)C2=O)CC1(Cl)Cl. The Kier molecular flexibility index (Phi) is 3.86. The van der Waals surface area contributed by atoms with Gasteiger partial charge >= 0.3 is 0 Å². The van der Waals surface area contributed by atoms with Gasteiger partial charge in [-0.1, -0.05) is 18.2 Å². The summed E-state index contributed by atoms with van der Waals surface area (Å²) in [5.74, 6) is -0.324. The van der Waals surface area contributed by atoms with Crippen LogP contribution in [-0.4, -0.2) is 28.7 Å². The van der Waals surface area contributed by atoms with Gasteiger partial charge in [-0.05, 0) is 38.3 Å². The Morgan fingerprint density at radius 2 is 1.95 bits per heavy atom. The lowest BCUT2D eigenvalue weighted by Crippen LogP contribution is -2.54. The number of halogens is 2. The van der Waals surface area contributed by atoms with Gasteiger partial charge in [0.05, 0.1) is 5.41 Å². The van der Waals surface area contributed by atoms with E-state index in [2.05, 4.69) is 5.32 Å². The van der Waals surface area contributed by atoms with Crippen LogP contribution in [-0.2, 0) is 9.59 Å². The van der Waals surface area contributed by atoms with Crippen molar-refractivity contribution in [2.24, 2.45) is 5.41 Å². The van der Waals surface area contributed by atoms with Gasteiger partial charge in [0.25, 0.3) is 0 Å². The molecule has 0 aromatic heterocycles. The molecular formula is C16H18Cl2N2O2. The third-order valence-electron chi connectivity index (χ3n) is 4.57. The lowest BCUT2D eigenvalue weighted by Gasteiger charge is -2.33. The summed E-state index contributed by atoms with van der Waals surface area (Å²) in [6.07, 6.45) is 1.90. The van der Waals surface area contributed by atoms with Gasteiger partial charge in [0.15, 0.2) is 0 Å². The van der Waals surface area contributed by atoms with E-state index in [-0.39, 0.29) is 11.8 Å². The molecule has 1 aliphatic carbocycles. The highest BCUT2D eigenvalue weighted by atomic mass is 35.5. The van der Waals surface area contributed by atoms with Gasteiger partial charge in [-0.3, -0.25) is 9.59 Å². The Bertz CT molecular complexity index is 605. The highest BCUT2D eigenvalue weighted by Gasteiger charge is 2.68. The third kappa shape index (κ3) is 2.59. The average Bonchev–Trinajstić information content (AvgIpc) is 3.02. The van der Waals surface area contributed by atoms with Crippen molar-refractivity contribution in [1.82, 2.24) is 5.32 Å². The molecule has 0 radical (unpaired) electrons. The Morgan fingerprint density at radius 1 is 1.32 bits per heavy atom. The largest absolute Gasteiger partial charge is 0.344 e. The van der Waals surface area contributed by atoms with E-state index in [4.69, 9.17) is 23.2 Å². The molecule has 1 heterocycles. The van der Waals surface area contributed by atoms with Crippen molar-refractivity contribution in [3.8, 4) is 0 Å². The molecule has 6 heteroatoms. The first kappa shape index (κ1) is 15.6. The highest BCUT2D eigenvalue weighted by molar-refractivity contribution is 6.53. The lowest BCUT2D eigenvalue weighted by atomic mass is 10.0. The van der Waals surface area contributed by atoms with E-state index in [1.165, 1.54) is 0 Å². The van der Waals surface area contributed by atoms with Crippen molar-refractivity contribution in [1.29, 1.82) is 0 Å². The minimum atomic E-state index is -1.02. The van der Waals surface area contributed by atoms with Crippen LogP contribution in [0.4, 0.5) is 5.69 Å². The summed E-state index contributed by atoms with van der Waals surface area (Å²) in [5, 5.41) is 2.83. The fourth-order valence-corrected chi connectivity index (χ4v) is 3.54. The summed E-state index contributed by atoms with van der Waals surface area (Å²) in [6, 6.07) is 8.98. The topological polar surface area (TPSA) is 49.4 Å². The number of carbonyl (C=O) groups excluding carboxylic acids is 2. The molecule has 1 aromatic carbocycles. The van der Waals surface area contributed by atoms with Crippen molar-refractivity contribution in [2.45, 2.75) is 36.6 Å². The van der Waals surface area contributed by atoms with Crippen LogP contribution < -0.4 is 10.2 Å². The predicted molar refractivity (Wildman–Crippen MR) is 87.1 cm³/mol. The second-order valence-corrected chi connectivity index (χ2v) is 7.69. The Morgan fingerprint density at radius 3 is 2.55 bits per heavy atom. The van der Waals surface area contributed by atoms with E-state index in [0.29, 0.717) is 19.4 Å². The average molecular weight is 341 g/mol. The molecule has 4 nitrogen and oxygen atoms in total.